The number of rotatable bonds is 11. The first-order chi connectivity index (χ1) is 17.1. The lowest BCUT2D eigenvalue weighted by Crippen LogP contribution is -2.49. The molecule has 0 aliphatic heterocycles. The lowest BCUT2D eigenvalue weighted by atomic mass is 10.0. The Kier molecular flexibility index (Phi) is 8.80. The maximum atomic E-state index is 13.6. The van der Waals surface area contributed by atoms with E-state index in [0.717, 1.165) is 32.4 Å². The van der Waals surface area contributed by atoms with Crippen LogP contribution in [0.3, 0.4) is 0 Å². The van der Waals surface area contributed by atoms with E-state index in [2.05, 4.69) is 15.0 Å². The summed E-state index contributed by atoms with van der Waals surface area (Å²) in [6.07, 6.45) is 2.33. The third-order valence-corrected chi connectivity index (χ3v) is 7.48. The number of hydrogen-bond donors (Lipinski definition) is 1. The second kappa shape index (κ2) is 11.6. The molecular weight excluding hydrogens is 484 g/mol. The number of carbonyl (C=O) groups excluding carboxylic acids is 2. The fourth-order valence-corrected chi connectivity index (χ4v) is 5.46. The molecular formula is C25H32N4O6S. The van der Waals surface area contributed by atoms with E-state index in [4.69, 9.17) is 9.47 Å². The van der Waals surface area contributed by atoms with Gasteiger partial charge < -0.3 is 14.5 Å². The maximum absolute atomic E-state index is 13.6. The molecule has 0 radical (unpaired) electrons. The number of nitrogens with zero attached hydrogens (tertiary/aromatic N) is 3. The summed E-state index contributed by atoms with van der Waals surface area (Å²) >= 11 is 0. The molecule has 2 aromatic heterocycles. The first-order valence-corrected chi connectivity index (χ1v) is 13.1. The minimum absolute atomic E-state index is 0.0296. The second-order valence-corrected chi connectivity index (χ2v) is 10.7. The summed E-state index contributed by atoms with van der Waals surface area (Å²) in [5.41, 5.74) is 3.24. The fourth-order valence-electron chi connectivity index (χ4n) is 3.92. The second-order valence-electron chi connectivity index (χ2n) is 8.82. The molecule has 0 saturated heterocycles. The number of aromatic nitrogens is 3. The number of aryl methyl sites for hydroxylation is 1. The van der Waals surface area contributed by atoms with Crippen molar-refractivity contribution in [3.05, 3.63) is 53.6 Å². The Labute approximate surface area is 211 Å². The zero-order valence-electron chi connectivity index (χ0n) is 21.1. The molecule has 0 aliphatic carbocycles. The summed E-state index contributed by atoms with van der Waals surface area (Å²) in [7, 11) is -3.07. The standard InChI is InChI=1S/C25H32N4O6S/c1-6-35-25(31)22(13-16(2)3)29(15-23(30)34-5)36(32,33)19-9-7-18(8-10-19)14-21-24-20(11-12-26-21)27-17(4)28-24/h7-12,16,22H,6,13-15H2,1-5H3,(H,27,28)/t22-/m0/s1. The molecule has 0 spiro atoms. The van der Waals surface area contributed by atoms with Crippen LogP contribution in [0.15, 0.2) is 41.4 Å². The van der Waals surface area contributed by atoms with Crippen LogP contribution in [0.4, 0.5) is 0 Å². The van der Waals surface area contributed by atoms with Crippen molar-refractivity contribution in [1.29, 1.82) is 0 Å². The largest absolute Gasteiger partial charge is 0.468 e. The van der Waals surface area contributed by atoms with Gasteiger partial charge in [-0.1, -0.05) is 26.0 Å². The molecule has 10 nitrogen and oxygen atoms in total. The van der Waals surface area contributed by atoms with E-state index in [1.807, 2.05) is 26.8 Å². The number of fused-ring (bicyclic) bond motifs is 1. The number of esters is 2. The third-order valence-electron chi connectivity index (χ3n) is 5.61. The van der Waals surface area contributed by atoms with Crippen molar-refractivity contribution < 1.29 is 27.5 Å². The molecule has 36 heavy (non-hydrogen) atoms. The molecule has 0 unspecified atom stereocenters. The van der Waals surface area contributed by atoms with Gasteiger partial charge in [-0.25, -0.2) is 13.4 Å². The van der Waals surface area contributed by atoms with E-state index >= 15 is 0 Å². The monoisotopic (exact) mass is 516 g/mol. The van der Waals surface area contributed by atoms with Crippen LogP contribution in [-0.2, 0) is 35.5 Å². The summed E-state index contributed by atoms with van der Waals surface area (Å²) in [5, 5.41) is 0. The van der Waals surface area contributed by atoms with Crippen LogP contribution in [0.2, 0.25) is 0 Å². The summed E-state index contributed by atoms with van der Waals surface area (Å²) in [6.45, 7) is 6.71. The number of methoxy groups -OCH3 is 1. The van der Waals surface area contributed by atoms with Gasteiger partial charge in [0.25, 0.3) is 0 Å². The Morgan fingerprint density at radius 3 is 2.44 bits per heavy atom. The lowest BCUT2D eigenvalue weighted by Gasteiger charge is -2.29. The molecule has 194 valence electrons. The first-order valence-electron chi connectivity index (χ1n) is 11.7. The smallest absolute Gasteiger partial charge is 0.324 e. The normalized spacial score (nSPS) is 12.8. The molecule has 1 N–H and O–H groups in total. The number of ether oxygens (including phenoxy) is 2. The first kappa shape index (κ1) is 27.3. The van der Waals surface area contributed by atoms with Crippen LogP contribution >= 0.6 is 0 Å². The highest BCUT2D eigenvalue weighted by molar-refractivity contribution is 7.89. The Morgan fingerprint density at radius 1 is 1.14 bits per heavy atom. The number of aromatic amines is 1. The zero-order chi connectivity index (χ0) is 26.5. The maximum Gasteiger partial charge on any atom is 0.324 e. The van der Waals surface area contributed by atoms with Gasteiger partial charge in [0.15, 0.2) is 0 Å². The van der Waals surface area contributed by atoms with Gasteiger partial charge in [0.05, 0.1) is 29.8 Å². The summed E-state index contributed by atoms with van der Waals surface area (Å²) in [6, 6.07) is 6.97. The summed E-state index contributed by atoms with van der Waals surface area (Å²) < 4.78 is 38.0. The zero-order valence-corrected chi connectivity index (χ0v) is 22.0. The van der Waals surface area contributed by atoms with Crippen molar-refractivity contribution in [3.63, 3.8) is 0 Å². The quantitative estimate of drug-likeness (QED) is 0.385. The molecule has 0 fully saturated rings. The van der Waals surface area contributed by atoms with Gasteiger partial charge in [0, 0.05) is 12.6 Å². The molecule has 3 aromatic rings. The van der Waals surface area contributed by atoms with E-state index in [-0.39, 0.29) is 23.8 Å². The molecule has 0 bridgehead atoms. The van der Waals surface area contributed by atoms with Gasteiger partial charge in [-0.3, -0.25) is 14.6 Å². The van der Waals surface area contributed by atoms with Gasteiger partial charge in [-0.05, 0) is 49.9 Å². The molecule has 0 aliphatic rings. The molecule has 1 atom stereocenters. The van der Waals surface area contributed by atoms with Crippen LogP contribution in [0.1, 0.15) is 44.3 Å². The Hall–Kier alpha value is -3.31. The Morgan fingerprint density at radius 2 is 1.83 bits per heavy atom. The summed E-state index contributed by atoms with van der Waals surface area (Å²) in [5.74, 6) is -0.729. The number of benzene rings is 1. The van der Waals surface area contributed by atoms with E-state index in [0.29, 0.717) is 6.42 Å². The number of sulfonamides is 1. The minimum atomic E-state index is -4.24. The minimum Gasteiger partial charge on any atom is -0.468 e. The SMILES string of the molecule is CCOC(=O)[C@H](CC(C)C)N(CC(=O)OC)S(=O)(=O)c1ccc(Cc2nccc3[nH]c(C)nc23)cc1. The van der Waals surface area contributed by atoms with Gasteiger partial charge >= 0.3 is 11.9 Å². The van der Waals surface area contributed by atoms with Gasteiger partial charge in [-0.2, -0.15) is 4.31 Å². The van der Waals surface area contributed by atoms with Crippen molar-refractivity contribution in [2.45, 2.75) is 51.5 Å². The predicted octanol–water partition coefficient (Wildman–Crippen LogP) is 3.00. The number of imidazole rings is 1. The molecule has 3 rings (SSSR count). The molecule has 0 amide bonds. The van der Waals surface area contributed by atoms with Crippen molar-refractivity contribution in [1.82, 2.24) is 19.3 Å². The van der Waals surface area contributed by atoms with Crippen LogP contribution in [-0.4, -0.2) is 65.9 Å². The number of nitrogens with one attached hydrogen (secondary N) is 1. The van der Waals surface area contributed by atoms with Crippen LogP contribution in [0.25, 0.3) is 11.0 Å². The number of carbonyl (C=O) groups is 2. The third kappa shape index (κ3) is 6.27. The van der Waals surface area contributed by atoms with Crippen LogP contribution in [0, 0.1) is 12.8 Å². The van der Waals surface area contributed by atoms with E-state index < -0.39 is 34.5 Å². The molecule has 0 saturated carbocycles. The average Bonchev–Trinajstić information content (AvgIpc) is 3.22. The summed E-state index contributed by atoms with van der Waals surface area (Å²) in [4.78, 5) is 36.9. The van der Waals surface area contributed by atoms with Gasteiger partial charge in [0.2, 0.25) is 10.0 Å². The molecule has 1 aromatic carbocycles. The van der Waals surface area contributed by atoms with Crippen molar-refractivity contribution >= 4 is 33.0 Å². The van der Waals surface area contributed by atoms with E-state index in [1.54, 1.807) is 25.3 Å². The van der Waals surface area contributed by atoms with E-state index in [9.17, 15) is 18.0 Å². The average molecular weight is 517 g/mol. The Bertz CT molecular complexity index is 1320. The van der Waals surface area contributed by atoms with E-state index in [1.165, 1.54) is 19.2 Å². The molecule has 2 heterocycles. The highest BCUT2D eigenvalue weighted by atomic mass is 32.2. The highest BCUT2D eigenvalue weighted by Gasteiger charge is 2.39. The van der Waals surface area contributed by atoms with Gasteiger partial charge in [-0.15, -0.1) is 0 Å². The number of hydrogen-bond acceptors (Lipinski definition) is 8. The van der Waals surface area contributed by atoms with Crippen molar-refractivity contribution in [2.75, 3.05) is 20.3 Å². The lowest BCUT2D eigenvalue weighted by molar-refractivity contribution is -0.150. The van der Waals surface area contributed by atoms with Crippen LogP contribution < -0.4 is 0 Å². The predicted molar refractivity (Wildman–Crippen MR) is 134 cm³/mol. The van der Waals surface area contributed by atoms with Crippen LogP contribution in [0.5, 0.6) is 0 Å². The topological polar surface area (TPSA) is 132 Å². The van der Waals surface area contributed by atoms with Crippen molar-refractivity contribution in [2.24, 2.45) is 5.92 Å². The molecule has 11 heteroatoms. The van der Waals surface area contributed by atoms with Gasteiger partial charge in [0.1, 0.15) is 23.9 Å². The number of H-pyrrole nitrogens is 1. The highest BCUT2D eigenvalue weighted by Crippen LogP contribution is 2.25. The fraction of sp³-hybridized carbons (Fsp3) is 0.440. The van der Waals surface area contributed by atoms with Crippen molar-refractivity contribution in [3.8, 4) is 0 Å². The number of pyridine rings is 1. The Balaban J connectivity index is 1.94.